The maximum absolute atomic E-state index is 12.8. The van der Waals surface area contributed by atoms with Gasteiger partial charge in [0.1, 0.15) is 19.3 Å². The van der Waals surface area contributed by atoms with Crippen molar-refractivity contribution in [1.82, 2.24) is 0 Å². The average Bonchev–Trinajstić information content (AvgIpc) is 3.25. The fourth-order valence-corrected chi connectivity index (χ4v) is 7.77. The molecular formula is C55H101NO7P+. The van der Waals surface area contributed by atoms with Crippen molar-refractivity contribution in [2.75, 3.05) is 54.1 Å². The van der Waals surface area contributed by atoms with Gasteiger partial charge in [0, 0.05) is 13.0 Å². The molecule has 0 amide bonds. The minimum absolute atomic E-state index is 0.0811. The number of nitrogens with zero attached hydrogens (tertiary/aromatic N) is 1. The molecule has 0 aliphatic rings. The van der Waals surface area contributed by atoms with Gasteiger partial charge in [0.05, 0.1) is 34.4 Å². The average molecular weight is 919 g/mol. The lowest BCUT2D eigenvalue weighted by atomic mass is 10.0. The number of carbonyl (C=O) groups excluding carboxylic acids is 1. The number of hydrogen-bond acceptors (Lipinski definition) is 6. The standard InChI is InChI=1S/C55H100NO7P/c1-6-8-10-12-14-16-18-20-22-24-26-27-28-29-30-32-34-36-38-40-42-44-46-48-55(57)63-54(53-62-64(58,59)61-51-49-56(3,4)5)52-60-50-47-45-43-41-39-37-35-33-31-25-23-21-19-17-15-13-11-9-7-2/h8,10,14,16,20,22,26-27,29-30,34,36,54H,6-7,9,11-13,15,17-19,21,23-25,28,31-33,35,37-53H2,1-5H3/p+1/b10-8-,16-14-,22-20-,27-26-,30-29-,36-34-. The fraction of sp³-hybridized carbons (Fsp3) is 0.764. The number of allylic oxidation sites excluding steroid dienone is 12. The summed E-state index contributed by atoms with van der Waals surface area (Å²) < 4.78 is 35.1. The van der Waals surface area contributed by atoms with Crippen molar-refractivity contribution in [1.29, 1.82) is 0 Å². The largest absolute Gasteiger partial charge is 0.472 e. The number of ether oxygens (including phenoxy) is 2. The molecule has 0 fully saturated rings. The van der Waals surface area contributed by atoms with Crippen LogP contribution in [0.2, 0.25) is 0 Å². The van der Waals surface area contributed by atoms with Gasteiger partial charge in [-0.1, -0.05) is 215 Å². The number of quaternary nitrogens is 1. The van der Waals surface area contributed by atoms with Gasteiger partial charge in [-0.2, -0.15) is 0 Å². The zero-order valence-electron chi connectivity index (χ0n) is 42.3. The van der Waals surface area contributed by atoms with Crippen LogP contribution in [-0.2, 0) is 27.9 Å². The van der Waals surface area contributed by atoms with E-state index in [1.165, 1.54) is 109 Å². The smallest absolute Gasteiger partial charge is 0.457 e. The molecule has 372 valence electrons. The maximum atomic E-state index is 12.8. The molecule has 9 heteroatoms. The second-order valence-corrected chi connectivity index (χ2v) is 20.0. The van der Waals surface area contributed by atoms with Crippen LogP contribution in [0.15, 0.2) is 72.9 Å². The lowest BCUT2D eigenvalue weighted by molar-refractivity contribution is -0.870. The quantitative estimate of drug-likeness (QED) is 0.0214. The van der Waals surface area contributed by atoms with Crippen molar-refractivity contribution < 1.29 is 37.3 Å². The van der Waals surface area contributed by atoms with Gasteiger partial charge in [-0.3, -0.25) is 13.8 Å². The molecular weight excluding hydrogens is 818 g/mol. The van der Waals surface area contributed by atoms with E-state index in [1.54, 1.807) is 0 Å². The van der Waals surface area contributed by atoms with Crippen LogP contribution in [0, 0.1) is 0 Å². The highest BCUT2D eigenvalue weighted by Crippen LogP contribution is 2.43. The van der Waals surface area contributed by atoms with Crippen LogP contribution in [0.4, 0.5) is 0 Å². The summed E-state index contributed by atoms with van der Waals surface area (Å²) >= 11 is 0. The topological polar surface area (TPSA) is 91.3 Å². The molecule has 2 atom stereocenters. The van der Waals surface area contributed by atoms with Crippen LogP contribution >= 0.6 is 7.82 Å². The molecule has 1 N–H and O–H groups in total. The number of phosphoric acid groups is 1. The first-order valence-corrected chi connectivity index (χ1v) is 27.7. The molecule has 0 aromatic heterocycles. The van der Waals surface area contributed by atoms with Gasteiger partial charge in [-0.05, 0) is 64.2 Å². The third kappa shape index (κ3) is 50.9. The van der Waals surface area contributed by atoms with E-state index in [1.807, 2.05) is 21.1 Å². The Morgan fingerprint density at radius 2 is 0.906 bits per heavy atom. The van der Waals surface area contributed by atoms with Crippen LogP contribution in [0.25, 0.3) is 0 Å². The zero-order valence-corrected chi connectivity index (χ0v) is 43.1. The Bertz CT molecular complexity index is 1250. The summed E-state index contributed by atoms with van der Waals surface area (Å²) in [5, 5.41) is 0. The van der Waals surface area contributed by atoms with Crippen molar-refractivity contribution in [3.8, 4) is 0 Å². The highest BCUT2D eigenvalue weighted by Gasteiger charge is 2.26. The molecule has 0 saturated carbocycles. The molecule has 0 bridgehead atoms. The summed E-state index contributed by atoms with van der Waals surface area (Å²) in [6, 6.07) is 0. The minimum Gasteiger partial charge on any atom is -0.457 e. The molecule has 8 nitrogen and oxygen atoms in total. The maximum Gasteiger partial charge on any atom is 0.472 e. The predicted molar refractivity (Wildman–Crippen MR) is 275 cm³/mol. The third-order valence-electron chi connectivity index (χ3n) is 11.0. The van der Waals surface area contributed by atoms with Crippen LogP contribution in [-0.4, -0.2) is 75.6 Å². The molecule has 0 spiro atoms. The van der Waals surface area contributed by atoms with Crippen molar-refractivity contribution in [2.45, 2.75) is 219 Å². The van der Waals surface area contributed by atoms with Gasteiger partial charge in [0.25, 0.3) is 0 Å². The molecule has 0 aliphatic heterocycles. The number of carbonyl (C=O) groups is 1. The Morgan fingerprint density at radius 3 is 1.36 bits per heavy atom. The SMILES string of the molecule is CC/C=C\C/C=C\C/C=C\C/C=C\C/C=C\C/C=C\CCCCCCC(=O)OC(COCCCCCCCCCCCCCCCCCCCCC)COP(=O)(O)OCC[N+](C)(C)C. The summed E-state index contributed by atoms with van der Waals surface area (Å²) in [6.45, 7) is 5.49. The van der Waals surface area contributed by atoms with E-state index in [0.29, 0.717) is 24.1 Å². The summed E-state index contributed by atoms with van der Waals surface area (Å²) in [5.74, 6) is -0.337. The highest BCUT2D eigenvalue weighted by atomic mass is 31.2. The Labute approximate surface area is 395 Å². The molecule has 64 heavy (non-hydrogen) atoms. The second kappa shape index (κ2) is 47.4. The lowest BCUT2D eigenvalue weighted by Crippen LogP contribution is -2.37. The van der Waals surface area contributed by atoms with Crippen molar-refractivity contribution >= 4 is 13.8 Å². The van der Waals surface area contributed by atoms with Crippen LogP contribution in [0.1, 0.15) is 213 Å². The Hall–Kier alpha value is -2.06. The fourth-order valence-electron chi connectivity index (χ4n) is 7.03. The molecule has 0 aromatic carbocycles. The Balaban J connectivity index is 4.20. The van der Waals surface area contributed by atoms with Gasteiger partial charge in [0.15, 0.2) is 0 Å². The van der Waals surface area contributed by atoms with Crippen molar-refractivity contribution in [2.24, 2.45) is 0 Å². The Morgan fingerprint density at radius 1 is 0.500 bits per heavy atom. The van der Waals surface area contributed by atoms with Gasteiger partial charge in [-0.15, -0.1) is 0 Å². The van der Waals surface area contributed by atoms with E-state index < -0.39 is 13.9 Å². The molecule has 2 unspecified atom stereocenters. The summed E-state index contributed by atoms with van der Waals surface area (Å²) in [4.78, 5) is 23.0. The second-order valence-electron chi connectivity index (χ2n) is 18.5. The monoisotopic (exact) mass is 919 g/mol. The van der Waals surface area contributed by atoms with Gasteiger partial charge < -0.3 is 18.9 Å². The highest BCUT2D eigenvalue weighted by molar-refractivity contribution is 7.47. The third-order valence-corrected chi connectivity index (χ3v) is 12.0. The number of likely N-dealkylation sites (N-methyl/N-ethyl adjacent to an activating group) is 1. The van der Waals surface area contributed by atoms with E-state index >= 15 is 0 Å². The summed E-state index contributed by atoms with van der Waals surface area (Å²) in [6.07, 6.45) is 62.3. The predicted octanol–water partition coefficient (Wildman–Crippen LogP) is 16.2. The molecule has 0 aliphatic carbocycles. The van der Waals surface area contributed by atoms with Gasteiger partial charge >= 0.3 is 13.8 Å². The number of rotatable bonds is 48. The van der Waals surface area contributed by atoms with E-state index in [9.17, 15) is 14.3 Å². The van der Waals surface area contributed by atoms with Crippen LogP contribution < -0.4 is 0 Å². The van der Waals surface area contributed by atoms with Crippen LogP contribution in [0.5, 0.6) is 0 Å². The number of hydrogen-bond donors (Lipinski definition) is 1. The number of phosphoric ester groups is 1. The zero-order chi connectivity index (χ0) is 46.9. The van der Waals surface area contributed by atoms with Gasteiger partial charge in [0.2, 0.25) is 0 Å². The Kier molecular flexibility index (Phi) is 45.9. The summed E-state index contributed by atoms with van der Waals surface area (Å²) in [7, 11) is 1.65. The lowest BCUT2D eigenvalue weighted by Gasteiger charge is -2.24. The van der Waals surface area contributed by atoms with Gasteiger partial charge in [-0.25, -0.2) is 4.57 Å². The first-order chi connectivity index (χ1) is 31.1. The van der Waals surface area contributed by atoms with Crippen LogP contribution in [0.3, 0.4) is 0 Å². The summed E-state index contributed by atoms with van der Waals surface area (Å²) in [5.41, 5.74) is 0. The normalized spacial score (nSPS) is 14.2. The van der Waals surface area contributed by atoms with E-state index in [0.717, 1.165) is 83.5 Å². The van der Waals surface area contributed by atoms with E-state index in [2.05, 4.69) is 86.8 Å². The van der Waals surface area contributed by atoms with Crippen molar-refractivity contribution in [3.63, 3.8) is 0 Å². The first kappa shape index (κ1) is 61.9. The molecule has 0 heterocycles. The van der Waals surface area contributed by atoms with E-state index in [-0.39, 0.29) is 25.8 Å². The first-order valence-electron chi connectivity index (χ1n) is 26.2. The minimum atomic E-state index is -4.29. The molecule has 0 aromatic rings. The number of esters is 1. The molecule has 0 radical (unpaired) electrons. The van der Waals surface area contributed by atoms with Crippen molar-refractivity contribution in [3.05, 3.63) is 72.9 Å². The number of unbranched alkanes of at least 4 members (excludes halogenated alkanes) is 22. The molecule has 0 rings (SSSR count). The van der Waals surface area contributed by atoms with E-state index in [4.69, 9.17) is 18.5 Å². The molecule has 0 saturated heterocycles.